The van der Waals surface area contributed by atoms with Crippen LogP contribution in [0.1, 0.15) is 33.1 Å². The highest BCUT2D eigenvalue weighted by atomic mass is 32.2. The monoisotopic (exact) mass is 256 g/mol. The highest BCUT2D eigenvalue weighted by molar-refractivity contribution is 8.01. The summed E-state index contributed by atoms with van der Waals surface area (Å²) < 4.78 is 8.78. The summed E-state index contributed by atoms with van der Waals surface area (Å²) in [5.41, 5.74) is 6.84. The van der Waals surface area contributed by atoms with Gasteiger partial charge in [-0.3, -0.25) is 4.72 Å². The van der Waals surface area contributed by atoms with Crippen LogP contribution < -0.4 is 10.5 Å². The van der Waals surface area contributed by atoms with E-state index in [4.69, 9.17) is 10.5 Å². The molecule has 0 atom stereocenters. The molecule has 0 aromatic carbocycles. The lowest BCUT2D eigenvalue weighted by molar-refractivity contribution is 0.0680. The van der Waals surface area contributed by atoms with E-state index in [-0.39, 0.29) is 0 Å². The fourth-order valence-corrected chi connectivity index (χ4v) is 2.63. The first kappa shape index (κ1) is 14.6. The molecule has 1 rings (SSSR count). The first-order valence-electron chi connectivity index (χ1n) is 6.36. The van der Waals surface area contributed by atoms with Crippen LogP contribution in [0.4, 0.5) is 0 Å². The molecule has 1 fully saturated rings. The Kier molecular flexibility index (Phi) is 7.40. The van der Waals surface area contributed by atoms with E-state index in [9.17, 15) is 0 Å². The van der Waals surface area contributed by atoms with E-state index in [1.807, 2.05) is 19.1 Å². The average Bonchev–Trinajstić information content (AvgIpc) is 2.36. The van der Waals surface area contributed by atoms with Crippen LogP contribution in [0.25, 0.3) is 0 Å². The standard InChI is InChI=1S/C13H24N2OS/c1-3-5-12(14)13(4-2)17-15-10-11-6-8-16-9-7-11/h3,5,11,15H,4,6-10,14H2,1-2H3/b5-3-,13-12-. The molecule has 1 aliphatic rings. The Morgan fingerprint density at radius 2 is 2.18 bits per heavy atom. The lowest BCUT2D eigenvalue weighted by atomic mass is 10.0. The second kappa shape index (κ2) is 8.61. The topological polar surface area (TPSA) is 47.3 Å². The largest absolute Gasteiger partial charge is 0.398 e. The van der Waals surface area contributed by atoms with Gasteiger partial charge in [0.15, 0.2) is 0 Å². The van der Waals surface area contributed by atoms with Crippen molar-refractivity contribution in [3.05, 3.63) is 22.8 Å². The van der Waals surface area contributed by atoms with Crippen LogP contribution in [0.15, 0.2) is 22.8 Å². The van der Waals surface area contributed by atoms with E-state index in [2.05, 4.69) is 11.6 Å². The Hall–Kier alpha value is -0.450. The third kappa shape index (κ3) is 5.61. The number of hydrogen-bond donors (Lipinski definition) is 2. The summed E-state index contributed by atoms with van der Waals surface area (Å²) in [7, 11) is 0. The van der Waals surface area contributed by atoms with E-state index in [0.717, 1.165) is 37.8 Å². The van der Waals surface area contributed by atoms with E-state index >= 15 is 0 Å². The Morgan fingerprint density at radius 3 is 2.76 bits per heavy atom. The van der Waals surface area contributed by atoms with Crippen molar-refractivity contribution >= 4 is 11.9 Å². The van der Waals surface area contributed by atoms with Gasteiger partial charge in [-0.15, -0.1) is 0 Å². The molecule has 0 amide bonds. The number of hydrogen-bond acceptors (Lipinski definition) is 4. The zero-order chi connectivity index (χ0) is 12.5. The van der Waals surface area contributed by atoms with Gasteiger partial charge < -0.3 is 10.5 Å². The molecule has 0 unspecified atom stereocenters. The van der Waals surface area contributed by atoms with Crippen molar-refractivity contribution in [3.8, 4) is 0 Å². The molecule has 17 heavy (non-hydrogen) atoms. The van der Waals surface area contributed by atoms with Crippen LogP contribution in [0.5, 0.6) is 0 Å². The summed E-state index contributed by atoms with van der Waals surface area (Å²) in [4.78, 5) is 1.22. The summed E-state index contributed by atoms with van der Waals surface area (Å²) in [5, 5.41) is 0. The molecule has 0 bridgehead atoms. The quantitative estimate of drug-likeness (QED) is 0.567. The minimum atomic E-state index is 0.747. The number of ether oxygens (including phenoxy) is 1. The van der Waals surface area contributed by atoms with E-state index in [0.29, 0.717) is 0 Å². The smallest absolute Gasteiger partial charge is 0.0469 e. The highest BCUT2D eigenvalue weighted by Gasteiger charge is 2.13. The number of rotatable bonds is 6. The van der Waals surface area contributed by atoms with Gasteiger partial charge in [0.25, 0.3) is 0 Å². The molecule has 0 spiro atoms. The van der Waals surface area contributed by atoms with E-state index < -0.39 is 0 Å². The predicted octanol–water partition coefficient (Wildman–Crippen LogP) is 2.81. The van der Waals surface area contributed by atoms with E-state index in [1.54, 1.807) is 11.9 Å². The van der Waals surface area contributed by atoms with Gasteiger partial charge in [0.1, 0.15) is 0 Å². The molecule has 3 N–H and O–H groups in total. The lowest BCUT2D eigenvalue weighted by Crippen LogP contribution is -2.24. The predicted molar refractivity (Wildman–Crippen MR) is 75.5 cm³/mol. The highest BCUT2D eigenvalue weighted by Crippen LogP contribution is 2.20. The Labute approximate surface area is 109 Å². The maximum atomic E-state index is 5.97. The summed E-state index contributed by atoms with van der Waals surface area (Å²) >= 11 is 1.68. The van der Waals surface area contributed by atoms with Crippen LogP contribution in [0.2, 0.25) is 0 Å². The first-order chi connectivity index (χ1) is 8.27. The van der Waals surface area contributed by atoms with Crippen LogP contribution in [-0.2, 0) is 4.74 Å². The number of allylic oxidation sites excluding steroid dienone is 3. The molecule has 0 saturated carbocycles. The SMILES string of the molecule is C/C=C\C(N)=C(/CC)SNCC1CCOCC1. The molecule has 1 heterocycles. The van der Waals surface area contributed by atoms with Gasteiger partial charge in [-0.1, -0.05) is 13.0 Å². The second-order valence-corrected chi connectivity index (χ2v) is 5.22. The summed E-state index contributed by atoms with van der Waals surface area (Å²) in [6.07, 6.45) is 7.25. The van der Waals surface area contributed by atoms with Gasteiger partial charge in [-0.25, -0.2) is 0 Å². The third-order valence-electron chi connectivity index (χ3n) is 2.90. The maximum absolute atomic E-state index is 5.97. The molecular weight excluding hydrogens is 232 g/mol. The van der Waals surface area contributed by atoms with Gasteiger partial charge in [-0.05, 0) is 50.1 Å². The van der Waals surface area contributed by atoms with Crippen molar-refractivity contribution in [2.75, 3.05) is 19.8 Å². The van der Waals surface area contributed by atoms with Crippen LogP contribution in [0.3, 0.4) is 0 Å². The van der Waals surface area contributed by atoms with Crippen molar-refractivity contribution in [3.63, 3.8) is 0 Å². The van der Waals surface area contributed by atoms with Gasteiger partial charge in [0, 0.05) is 30.4 Å². The summed E-state index contributed by atoms with van der Waals surface area (Å²) in [6.45, 7) is 6.98. The molecule has 0 aromatic heterocycles. The molecule has 98 valence electrons. The Balaban J connectivity index is 2.30. The number of nitrogens with two attached hydrogens (primary N) is 1. The fourth-order valence-electron chi connectivity index (χ4n) is 1.80. The average molecular weight is 256 g/mol. The molecule has 1 saturated heterocycles. The molecule has 0 aliphatic carbocycles. The van der Waals surface area contributed by atoms with Gasteiger partial charge >= 0.3 is 0 Å². The van der Waals surface area contributed by atoms with Gasteiger partial charge in [0.05, 0.1) is 0 Å². The van der Waals surface area contributed by atoms with Crippen molar-refractivity contribution in [1.82, 2.24) is 4.72 Å². The molecule has 0 radical (unpaired) electrons. The third-order valence-corrected chi connectivity index (χ3v) is 3.98. The van der Waals surface area contributed by atoms with Gasteiger partial charge in [-0.2, -0.15) is 0 Å². The lowest BCUT2D eigenvalue weighted by Gasteiger charge is -2.22. The maximum Gasteiger partial charge on any atom is 0.0469 e. The molecule has 0 aromatic rings. The zero-order valence-corrected chi connectivity index (χ0v) is 11.7. The van der Waals surface area contributed by atoms with Crippen molar-refractivity contribution in [1.29, 1.82) is 0 Å². The van der Waals surface area contributed by atoms with Crippen LogP contribution >= 0.6 is 11.9 Å². The van der Waals surface area contributed by atoms with Crippen LogP contribution in [0, 0.1) is 5.92 Å². The Bertz CT molecular complexity index is 271. The fraction of sp³-hybridized carbons (Fsp3) is 0.692. The van der Waals surface area contributed by atoms with Crippen LogP contribution in [-0.4, -0.2) is 19.8 Å². The van der Waals surface area contributed by atoms with Crippen molar-refractivity contribution in [2.45, 2.75) is 33.1 Å². The molecule has 1 aliphatic heterocycles. The minimum Gasteiger partial charge on any atom is -0.398 e. The van der Waals surface area contributed by atoms with E-state index in [1.165, 1.54) is 17.7 Å². The molecule has 3 nitrogen and oxygen atoms in total. The first-order valence-corrected chi connectivity index (χ1v) is 7.18. The zero-order valence-electron chi connectivity index (χ0n) is 10.9. The van der Waals surface area contributed by atoms with Gasteiger partial charge in [0.2, 0.25) is 0 Å². The van der Waals surface area contributed by atoms with Crippen molar-refractivity contribution < 1.29 is 4.74 Å². The second-order valence-electron chi connectivity index (χ2n) is 4.24. The summed E-state index contributed by atoms with van der Waals surface area (Å²) in [5.74, 6) is 0.747. The summed E-state index contributed by atoms with van der Waals surface area (Å²) in [6, 6.07) is 0. The molecular formula is C13H24N2OS. The minimum absolute atomic E-state index is 0.747. The normalized spacial score (nSPS) is 19.6. The van der Waals surface area contributed by atoms with Crippen molar-refractivity contribution in [2.24, 2.45) is 11.7 Å². The molecule has 4 heteroatoms. The number of nitrogens with one attached hydrogen (secondary N) is 1. The Morgan fingerprint density at radius 1 is 1.47 bits per heavy atom.